The van der Waals surface area contributed by atoms with Gasteiger partial charge in [0, 0.05) is 6.04 Å². The summed E-state index contributed by atoms with van der Waals surface area (Å²) in [6.45, 7) is 6.44. The van der Waals surface area contributed by atoms with Crippen LogP contribution in [-0.2, 0) is 4.79 Å². The van der Waals surface area contributed by atoms with Gasteiger partial charge in [-0.15, -0.1) is 10.2 Å². The normalized spacial score (nSPS) is 23.1. The number of hydrogen-bond donors (Lipinski definition) is 2. The number of carbonyl (C=O) groups is 1. The van der Waals surface area contributed by atoms with E-state index in [0.29, 0.717) is 17.0 Å². The zero-order valence-electron chi connectivity index (χ0n) is 16.8. The Balaban J connectivity index is 1.56. The van der Waals surface area contributed by atoms with Gasteiger partial charge in [-0.2, -0.15) is 0 Å². The van der Waals surface area contributed by atoms with Crippen LogP contribution < -0.4 is 15.4 Å². The highest BCUT2D eigenvalue weighted by Gasteiger charge is 2.29. The first kappa shape index (κ1) is 20.9. The van der Waals surface area contributed by atoms with Gasteiger partial charge in [0.15, 0.2) is 4.34 Å². The van der Waals surface area contributed by atoms with E-state index in [1.54, 1.807) is 7.11 Å². The van der Waals surface area contributed by atoms with Crippen molar-refractivity contribution < 1.29 is 9.53 Å². The van der Waals surface area contributed by atoms with E-state index in [-0.39, 0.29) is 17.2 Å². The van der Waals surface area contributed by atoms with Gasteiger partial charge in [0.2, 0.25) is 11.0 Å². The monoisotopic (exact) mass is 420 g/mol. The molecule has 28 heavy (non-hydrogen) atoms. The minimum absolute atomic E-state index is 0.0744. The van der Waals surface area contributed by atoms with Crippen LogP contribution in [0.1, 0.15) is 40.0 Å². The maximum atomic E-state index is 12.6. The molecule has 1 aromatic heterocycles. The zero-order chi connectivity index (χ0) is 20.1. The predicted octanol–water partition coefficient (Wildman–Crippen LogP) is 4.71. The van der Waals surface area contributed by atoms with Gasteiger partial charge in [0.05, 0.1) is 18.0 Å². The second-order valence-corrected chi connectivity index (χ2v) is 9.91. The predicted molar refractivity (Wildman–Crippen MR) is 116 cm³/mol. The number of anilines is 2. The Morgan fingerprint density at radius 2 is 2.07 bits per heavy atom. The quantitative estimate of drug-likeness (QED) is 0.632. The highest BCUT2D eigenvalue weighted by atomic mass is 32.2. The highest BCUT2D eigenvalue weighted by Crippen LogP contribution is 2.34. The number of hydrogen-bond acceptors (Lipinski definition) is 7. The van der Waals surface area contributed by atoms with Crippen LogP contribution in [0.3, 0.4) is 0 Å². The largest absolute Gasteiger partial charge is 0.495 e. The lowest BCUT2D eigenvalue weighted by molar-refractivity contribution is -0.121. The fraction of sp³-hybridized carbons (Fsp3) is 0.550. The van der Waals surface area contributed by atoms with Crippen molar-refractivity contribution in [2.75, 3.05) is 12.4 Å². The molecule has 0 unspecified atom stereocenters. The number of nitrogens with one attached hydrogen (secondary N) is 2. The van der Waals surface area contributed by atoms with Crippen LogP contribution in [0.5, 0.6) is 5.75 Å². The fourth-order valence-electron chi connectivity index (χ4n) is 3.46. The van der Waals surface area contributed by atoms with Gasteiger partial charge in [-0.25, -0.2) is 0 Å². The summed E-state index contributed by atoms with van der Waals surface area (Å²) in [6.07, 6.45) is 3.51. The third kappa shape index (κ3) is 5.17. The summed E-state index contributed by atoms with van der Waals surface area (Å²) in [5.41, 5.74) is 0.837. The van der Waals surface area contributed by atoms with Crippen molar-refractivity contribution in [2.45, 2.75) is 55.7 Å². The van der Waals surface area contributed by atoms with Crippen molar-refractivity contribution in [3.05, 3.63) is 24.3 Å². The maximum absolute atomic E-state index is 12.6. The molecule has 0 bridgehead atoms. The van der Waals surface area contributed by atoms with E-state index in [9.17, 15) is 4.79 Å². The second kappa shape index (κ2) is 9.60. The summed E-state index contributed by atoms with van der Waals surface area (Å²) in [7, 11) is 1.64. The molecule has 1 aliphatic carbocycles. The molecule has 0 radical (unpaired) electrons. The Kier molecular flexibility index (Phi) is 7.18. The first-order valence-corrected chi connectivity index (χ1v) is 11.4. The SMILES string of the molecule is COc1ccccc1Nc1nnc(S[C@H](C)C(=O)N[C@@H]2CCC[C@H](C)[C@H]2C)s1. The van der Waals surface area contributed by atoms with E-state index >= 15 is 0 Å². The molecule has 0 aliphatic heterocycles. The van der Waals surface area contributed by atoms with Crippen LogP contribution >= 0.6 is 23.1 Å². The molecule has 0 saturated heterocycles. The summed E-state index contributed by atoms with van der Waals surface area (Å²) < 4.78 is 6.11. The van der Waals surface area contributed by atoms with Gasteiger partial charge < -0.3 is 15.4 Å². The lowest BCUT2D eigenvalue weighted by Gasteiger charge is -2.35. The number of carbonyl (C=O) groups excluding carboxylic acids is 1. The number of para-hydroxylation sites is 2. The van der Waals surface area contributed by atoms with Crippen molar-refractivity contribution in [1.29, 1.82) is 0 Å². The van der Waals surface area contributed by atoms with E-state index in [0.717, 1.165) is 22.2 Å². The zero-order valence-corrected chi connectivity index (χ0v) is 18.4. The minimum atomic E-state index is -0.212. The van der Waals surface area contributed by atoms with Crippen LogP contribution in [0.2, 0.25) is 0 Å². The summed E-state index contributed by atoms with van der Waals surface area (Å²) in [4.78, 5) is 12.6. The van der Waals surface area contributed by atoms with Gasteiger partial charge in [-0.3, -0.25) is 4.79 Å². The van der Waals surface area contributed by atoms with Crippen molar-refractivity contribution in [1.82, 2.24) is 15.5 Å². The molecule has 1 fully saturated rings. The van der Waals surface area contributed by atoms with Gasteiger partial charge >= 0.3 is 0 Å². The van der Waals surface area contributed by atoms with Gasteiger partial charge in [0.25, 0.3) is 0 Å². The molecule has 152 valence electrons. The Morgan fingerprint density at radius 1 is 1.29 bits per heavy atom. The van der Waals surface area contributed by atoms with Gasteiger partial charge in [-0.05, 0) is 37.3 Å². The van der Waals surface area contributed by atoms with E-state index in [4.69, 9.17) is 4.74 Å². The van der Waals surface area contributed by atoms with Gasteiger partial charge in [-0.1, -0.05) is 61.9 Å². The van der Waals surface area contributed by atoms with Crippen LogP contribution in [-0.4, -0.2) is 34.5 Å². The molecule has 4 atom stereocenters. The lowest BCUT2D eigenvalue weighted by Crippen LogP contribution is -2.46. The molecule has 1 aromatic carbocycles. The number of amides is 1. The smallest absolute Gasteiger partial charge is 0.233 e. The molecule has 1 aliphatic rings. The lowest BCUT2D eigenvalue weighted by atomic mass is 9.78. The summed E-state index contributed by atoms with van der Waals surface area (Å²) in [5.74, 6) is 2.00. The Labute approximate surface area is 174 Å². The summed E-state index contributed by atoms with van der Waals surface area (Å²) in [6, 6.07) is 7.94. The number of methoxy groups -OCH3 is 1. The molecule has 8 heteroatoms. The summed E-state index contributed by atoms with van der Waals surface area (Å²) >= 11 is 2.88. The fourth-order valence-corrected chi connectivity index (χ4v) is 5.38. The molecule has 1 saturated carbocycles. The Bertz CT molecular complexity index is 798. The van der Waals surface area contributed by atoms with Crippen molar-refractivity contribution >= 4 is 39.8 Å². The molecule has 1 amide bonds. The van der Waals surface area contributed by atoms with Gasteiger partial charge in [0.1, 0.15) is 5.75 Å². The molecule has 2 aromatic rings. The first-order chi connectivity index (χ1) is 13.5. The number of nitrogens with zero attached hydrogens (tertiary/aromatic N) is 2. The average molecular weight is 421 g/mol. The minimum Gasteiger partial charge on any atom is -0.495 e. The van der Waals surface area contributed by atoms with E-state index in [2.05, 4.69) is 34.7 Å². The van der Waals surface area contributed by atoms with E-state index in [1.165, 1.54) is 35.9 Å². The number of thioether (sulfide) groups is 1. The number of benzene rings is 1. The van der Waals surface area contributed by atoms with E-state index in [1.807, 2.05) is 31.2 Å². The third-order valence-electron chi connectivity index (χ3n) is 5.44. The molecule has 3 rings (SSSR count). The van der Waals surface area contributed by atoms with Crippen molar-refractivity contribution in [3.63, 3.8) is 0 Å². The molecule has 1 heterocycles. The Hall–Kier alpha value is -1.80. The van der Waals surface area contributed by atoms with E-state index < -0.39 is 0 Å². The molecule has 6 nitrogen and oxygen atoms in total. The Morgan fingerprint density at radius 3 is 2.86 bits per heavy atom. The first-order valence-electron chi connectivity index (χ1n) is 9.68. The number of rotatable bonds is 7. The molecular formula is C20H28N4O2S2. The third-order valence-corrected chi connectivity index (χ3v) is 7.46. The van der Waals surface area contributed by atoms with Crippen LogP contribution in [0.4, 0.5) is 10.8 Å². The van der Waals surface area contributed by atoms with Crippen molar-refractivity contribution in [2.24, 2.45) is 11.8 Å². The number of ether oxygens (including phenoxy) is 1. The summed E-state index contributed by atoms with van der Waals surface area (Å²) in [5, 5.41) is 15.3. The molecule has 0 spiro atoms. The highest BCUT2D eigenvalue weighted by molar-refractivity contribution is 8.02. The molecular weight excluding hydrogens is 392 g/mol. The van der Waals surface area contributed by atoms with Crippen LogP contribution in [0.25, 0.3) is 0 Å². The van der Waals surface area contributed by atoms with Crippen LogP contribution in [0.15, 0.2) is 28.6 Å². The maximum Gasteiger partial charge on any atom is 0.233 e. The average Bonchev–Trinajstić information content (AvgIpc) is 3.12. The van der Waals surface area contributed by atoms with Crippen LogP contribution in [0, 0.1) is 11.8 Å². The second-order valence-electron chi connectivity index (χ2n) is 7.34. The molecule has 2 N–H and O–H groups in total. The standard InChI is InChI=1S/C20H28N4O2S2/c1-12-8-7-10-15(13(12)2)21-18(25)14(3)27-20-24-23-19(28-20)22-16-9-5-6-11-17(16)26-4/h5-6,9,11-15H,7-8,10H2,1-4H3,(H,21,25)(H,22,23)/t12-,13+,14+,15+/m0/s1. The van der Waals surface area contributed by atoms with Crippen molar-refractivity contribution in [3.8, 4) is 5.75 Å². The topological polar surface area (TPSA) is 76.1 Å². The number of aromatic nitrogens is 2.